The molecule has 5 nitrogen and oxygen atoms in total. The zero-order valence-corrected chi connectivity index (χ0v) is 16.9. The summed E-state index contributed by atoms with van der Waals surface area (Å²) in [5, 5.41) is 11.8. The summed E-state index contributed by atoms with van der Waals surface area (Å²) >= 11 is 0. The summed E-state index contributed by atoms with van der Waals surface area (Å²) in [5.41, 5.74) is 1.86. The Morgan fingerprint density at radius 2 is 1.50 bits per heavy atom. The van der Waals surface area contributed by atoms with E-state index in [4.69, 9.17) is 0 Å². The molecule has 1 heterocycles. The average molecular weight is 402 g/mol. The molecule has 1 unspecified atom stereocenters. The van der Waals surface area contributed by atoms with E-state index < -0.39 is 12.0 Å². The maximum Gasteiger partial charge on any atom is 0.320 e. The van der Waals surface area contributed by atoms with Crippen molar-refractivity contribution in [2.24, 2.45) is 0 Å². The number of hydrogen-bond donors (Lipinski definition) is 1. The normalized spacial score (nSPS) is 15.8. The number of carboxylic acids is 1. The molecule has 1 aliphatic rings. The molecule has 1 fully saturated rings. The van der Waals surface area contributed by atoms with E-state index in [1.807, 2.05) is 82.6 Å². The molecule has 0 spiro atoms. The van der Waals surface area contributed by atoms with Crippen molar-refractivity contribution < 1.29 is 14.7 Å². The molecular weight excluding hydrogens is 376 g/mol. The predicted molar refractivity (Wildman–Crippen MR) is 118 cm³/mol. The van der Waals surface area contributed by atoms with E-state index in [-0.39, 0.29) is 5.91 Å². The molecule has 1 amide bonds. The first-order valence-corrected chi connectivity index (χ1v) is 10.4. The molecule has 1 N–H and O–H groups in total. The number of carbonyl (C=O) groups is 2. The molecule has 3 aromatic carbocycles. The first kappa shape index (κ1) is 20.1. The van der Waals surface area contributed by atoms with Crippen molar-refractivity contribution in [3.8, 4) is 0 Å². The van der Waals surface area contributed by atoms with Crippen LogP contribution in [-0.4, -0.2) is 59.0 Å². The molecular formula is C25H26N2O3. The SMILES string of the molecule is O=C(O)C(CCc1ccccc1)N1CCN(C(=O)c2cccc3ccccc23)CC1. The summed E-state index contributed by atoms with van der Waals surface area (Å²) in [6, 6.07) is 23.1. The molecule has 1 aliphatic heterocycles. The van der Waals surface area contributed by atoms with Crippen LogP contribution in [0.3, 0.4) is 0 Å². The molecule has 0 bridgehead atoms. The lowest BCUT2D eigenvalue weighted by atomic mass is 10.0. The summed E-state index contributed by atoms with van der Waals surface area (Å²) in [6.07, 6.45) is 1.30. The molecule has 0 saturated carbocycles. The first-order chi connectivity index (χ1) is 14.6. The number of hydrogen-bond acceptors (Lipinski definition) is 3. The third kappa shape index (κ3) is 4.36. The van der Waals surface area contributed by atoms with E-state index >= 15 is 0 Å². The summed E-state index contributed by atoms with van der Waals surface area (Å²) in [4.78, 5) is 28.8. The molecule has 0 radical (unpaired) electrons. The number of aryl methyl sites for hydroxylation is 1. The Labute approximate surface area is 176 Å². The summed E-state index contributed by atoms with van der Waals surface area (Å²) in [6.45, 7) is 2.22. The van der Waals surface area contributed by atoms with Crippen molar-refractivity contribution >= 4 is 22.6 Å². The highest BCUT2D eigenvalue weighted by molar-refractivity contribution is 6.07. The van der Waals surface area contributed by atoms with Crippen LogP contribution in [0.15, 0.2) is 72.8 Å². The topological polar surface area (TPSA) is 60.9 Å². The fraction of sp³-hybridized carbons (Fsp3) is 0.280. The van der Waals surface area contributed by atoms with Crippen LogP contribution in [0.5, 0.6) is 0 Å². The molecule has 4 rings (SSSR count). The standard InChI is InChI=1S/C25H26N2O3/c28-24(22-12-6-10-20-9-4-5-11-21(20)22)27-17-15-26(16-18-27)23(25(29)30)14-13-19-7-2-1-3-8-19/h1-12,23H,13-18H2,(H,29,30). The zero-order chi connectivity index (χ0) is 20.9. The van der Waals surface area contributed by atoms with Crippen LogP contribution in [0.25, 0.3) is 10.8 Å². The number of carboxylic acid groups (broad SMARTS) is 1. The van der Waals surface area contributed by atoms with Gasteiger partial charge in [-0.15, -0.1) is 0 Å². The average Bonchev–Trinajstić information content (AvgIpc) is 2.79. The fourth-order valence-corrected chi connectivity index (χ4v) is 4.23. The van der Waals surface area contributed by atoms with Crippen LogP contribution in [0.4, 0.5) is 0 Å². The van der Waals surface area contributed by atoms with Gasteiger partial charge in [0, 0.05) is 31.7 Å². The molecule has 0 aromatic heterocycles. The Morgan fingerprint density at radius 1 is 0.833 bits per heavy atom. The highest BCUT2D eigenvalue weighted by Gasteiger charge is 2.30. The molecule has 1 saturated heterocycles. The van der Waals surface area contributed by atoms with Crippen molar-refractivity contribution in [2.45, 2.75) is 18.9 Å². The number of piperazine rings is 1. The van der Waals surface area contributed by atoms with Crippen LogP contribution >= 0.6 is 0 Å². The van der Waals surface area contributed by atoms with Crippen LogP contribution in [0.1, 0.15) is 22.3 Å². The van der Waals surface area contributed by atoms with Gasteiger partial charge in [0.1, 0.15) is 6.04 Å². The minimum absolute atomic E-state index is 0.0163. The maximum absolute atomic E-state index is 13.1. The second-order valence-electron chi connectivity index (χ2n) is 7.73. The monoisotopic (exact) mass is 402 g/mol. The van der Waals surface area contributed by atoms with Gasteiger partial charge in [0.15, 0.2) is 0 Å². The first-order valence-electron chi connectivity index (χ1n) is 10.4. The summed E-state index contributed by atoms with van der Waals surface area (Å²) in [5.74, 6) is -0.776. The van der Waals surface area contributed by atoms with Crippen LogP contribution in [-0.2, 0) is 11.2 Å². The lowest BCUT2D eigenvalue weighted by Gasteiger charge is -2.38. The van der Waals surface area contributed by atoms with Crippen LogP contribution < -0.4 is 0 Å². The third-order valence-corrected chi connectivity index (χ3v) is 5.90. The molecule has 30 heavy (non-hydrogen) atoms. The number of fused-ring (bicyclic) bond motifs is 1. The van der Waals surface area contributed by atoms with E-state index in [1.165, 1.54) is 0 Å². The number of amides is 1. The molecule has 1 atom stereocenters. The Bertz CT molecular complexity index is 1020. The van der Waals surface area contributed by atoms with E-state index in [0.717, 1.165) is 22.8 Å². The zero-order valence-electron chi connectivity index (χ0n) is 16.9. The van der Waals surface area contributed by atoms with Crippen molar-refractivity contribution in [3.05, 3.63) is 83.9 Å². The fourth-order valence-electron chi connectivity index (χ4n) is 4.23. The van der Waals surface area contributed by atoms with Gasteiger partial charge in [-0.25, -0.2) is 0 Å². The lowest BCUT2D eigenvalue weighted by molar-refractivity contribution is -0.144. The van der Waals surface area contributed by atoms with E-state index in [2.05, 4.69) is 0 Å². The predicted octanol–water partition coefficient (Wildman–Crippen LogP) is 3.68. The van der Waals surface area contributed by atoms with Gasteiger partial charge in [-0.05, 0) is 35.2 Å². The highest BCUT2D eigenvalue weighted by Crippen LogP contribution is 2.21. The van der Waals surface area contributed by atoms with Gasteiger partial charge in [-0.2, -0.15) is 0 Å². The maximum atomic E-state index is 13.1. The van der Waals surface area contributed by atoms with Crippen molar-refractivity contribution in [1.29, 1.82) is 0 Å². The van der Waals surface area contributed by atoms with Gasteiger partial charge in [0.2, 0.25) is 0 Å². The Morgan fingerprint density at radius 3 is 2.23 bits per heavy atom. The second kappa shape index (κ2) is 9.09. The largest absolute Gasteiger partial charge is 0.480 e. The molecule has 154 valence electrons. The number of carbonyl (C=O) groups excluding carboxylic acids is 1. The van der Waals surface area contributed by atoms with Crippen molar-refractivity contribution in [1.82, 2.24) is 9.80 Å². The number of nitrogens with zero attached hydrogens (tertiary/aromatic N) is 2. The van der Waals surface area contributed by atoms with Crippen molar-refractivity contribution in [2.75, 3.05) is 26.2 Å². The van der Waals surface area contributed by atoms with Gasteiger partial charge in [0.05, 0.1) is 0 Å². The van der Waals surface area contributed by atoms with Gasteiger partial charge >= 0.3 is 5.97 Å². The number of rotatable bonds is 6. The van der Waals surface area contributed by atoms with Crippen molar-refractivity contribution in [3.63, 3.8) is 0 Å². The summed E-state index contributed by atoms with van der Waals surface area (Å²) < 4.78 is 0. The van der Waals surface area contributed by atoms with Gasteiger partial charge in [-0.1, -0.05) is 66.7 Å². The quantitative estimate of drug-likeness (QED) is 0.683. The van der Waals surface area contributed by atoms with Gasteiger partial charge < -0.3 is 10.0 Å². The van der Waals surface area contributed by atoms with E-state index in [0.29, 0.717) is 38.2 Å². The third-order valence-electron chi connectivity index (χ3n) is 5.90. The van der Waals surface area contributed by atoms with Crippen LogP contribution in [0.2, 0.25) is 0 Å². The highest BCUT2D eigenvalue weighted by atomic mass is 16.4. The minimum atomic E-state index is -0.792. The van der Waals surface area contributed by atoms with Crippen LogP contribution in [0, 0.1) is 0 Å². The minimum Gasteiger partial charge on any atom is -0.480 e. The molecule has 3 aromatic rings. The van der Waals surface area contributed by atoms with E-state index in [9.17, 15) is 14.7 Å². The Balaban J connectivity index is 1.40. The molecule has 5 heteroatoms. The Hall–Kier alpha value is -3.18. The Kier molecular flexibility index (Phi) is 6.10. The lowest BCUT2D eigenvalue weighted by Crippen LogP contribution is -2.54. The second-order valence-corrected chi connectivity index (χ2v) is 7.73. The number of aliphatic carboxylic acids is 1. The molecule has 0 aliphatic carbocycles. The van der Waals surface area contributed by atoms with Gasteiger partial charge in [-0.3, -0.25) is 14.5 Å². The van der Waals surface area contributed by atoms with E-state index in [1.54, 1.807) is 0 Å². The van der Waals surface area contributed by atoms with Gasteiger partial charge in [0.25, 0.3) is 5.91 Å². The smallest absolute Gasteiger partial charge is 0.320 e. The number of benzene rings is 3. The summed E-state index contributed by atoms with van der Waals surface area (Å²) in [7, 11) is 0.